The standard InChI is InChI=1S/C18H26F5NO5Si/c1-10(2)28-30(26-5,29-11(3)4)9-7-6-8-24-18(25)27-17-15(22)13(20)12(19)14(21)16(17)23/h10-11H,6-9H2,1-5H3,(H,24,25). The van der Waals surface area contributed by atoms with Gasteiger partial charge in [0.2, 0.25) is 34.8 Å². The van der Waals surface area contributed by atoms with E-state index in [4.69, 9.17) is 13.3 Å². The highest BCUT2D eigenvalue weighted by molar-refractivity contribution is 6.60. The average Bonchev–Trinajstić information content (AvgIpc) is 2.66. The van der Waals surface area contributed by atoms with Gasteiger partial charge in [-0.05, 0) is 40.5 Å². The lowest BCUT2D eigenvalue weighted by Crippen LogP contribution is -2.48. The molecule has 1 rings (SSSR count). The lowest BCUT2D eigenvalue weighted by molar-refractivity contribution is 0.0323. The summed E-state index contributed by atoms with van der Waals surface area (Å²) < 4.78 is 87.8. The van der Waals surface area contributed by atoms with Gasteiger partial charge < -0.3 is 23.3 Å². The van der Waals surface area contributed by atoms with Crippen molar-refractivity contribution in [2.45, 2.75) is 58.8 Å². The Hall–Kier alpha value is -1.76. The third-order valence-corrected chi connectivity index (χ3v) is 6.93. The van der Waals surface area contributed by atoms with Crippen molar-refractivity contribution in [2.75, 3.05) is 13.7 Å². The molecule has 0 fully saturated rings. The van der Waals surface area contributed by atoms with Crippen LogP contribution < -0.4 is 10.1 Å². The number of nitrogens with one attached hydrogen (secondary N) is 1. The monoisotopic (exact) mass is 459 g/mol. The Morgan fingerprint density at radius 2 is 1.33 bits per heavy atom. The summed E-state index contributed by atoms with van der Waals surface area (Å²) in [5.74, 6) is -12.9. The van der Waals surface area contributed by atoms with E-state index in [9.17, 15) is 26.7 Å². The van der Waals surface area contributed by atoms with Crippen LogP contribution in [-0.2, 0) is 13.3 Å². The largest absolute Gasteiger partial charge is 0.501 e. The minimum atomic E-state index is -2.93. The number of halogens is 5. The molecule has 1 aromatic carbocycles. The molecule has 0 spiro atoms. The maximum Gasteiger partial charge on any atom is 0.501 e. The highest BCUT2D eigenvalue weighted by Crippen LogP contribution is 2.29. The Bertz CT molecular complexity index is 696. The minimum Gasteiger partial charge on any atom is -0.404 e. The Morgan fingerprint density at radius 1 is 0.867 bits per heavy atom. The van der Waals surface area contributed by atoms with Crippen LogP contribution in [0.5, 0.6) is 5.75 Å². The van der Waals surface area contributed by atoms with Crippen LogP contribution in [-0.4, -0.2) is 40.8 Å². The van der Waals surface area contributed by atoms with Crippen LogP contribution in [0.3, 0.4) is 0 Å². The lowest BCUT2D eigenvalue weighted by Gasteiger charge is -2.31. The summed E-state index contributed by atoms with van der Waals surface area (Å²) in [6.45, 7) is 7.41. The second-order valence-corrected chi connectivity index (χ2v) is 9.64. The summed E-state index contributed by atoms with van der Waals surface area (Å²) in [5, 5.41) is 2.18. The number of carbonyl (C=O) groups excluding carboxylic acids is 1. The van der Waals surface area contributed by atoms with E-state index in [0.717, 1.165) is 0 Å². The Kier molecular flexibility index (Phi) is 10.1. The van der Waals surface area contributed by atoms with Crippen molar-refractivity contribution in [1.29, 1.82) is 0 Å². The summed E-state index contributed by atoms with van der Waals surface area (Å²) in [7, 11) is -1.43. The van der Waals surface area contributed by atoms with E-state index < -0.39 is 49.7 Å². The molecule has 0 aromatic heterocycles. The number of hydrogen-bond donors (Lipinski definition) is 1. The fourth-order valence-corrected chi connectivity index (χ4v) is 5.33. The molecule has 0 saturated heterocycles. The van der Waals surface area contributed by atoms with Crippen molar-refractivity contribution in [3.05, 3.63) is 29.1 Å². The molecule has 0 saturated carbocycles. The number of hydrogen-bond acceptors (Lipinski definition) is 5. The first-order valence-electron chi connectivity index (χ1n) is 9.32. The van der Waals surface area contributed by atoms with Gasteiger partial charge in [-0.3, -0.25) is 0 Å². The minimum absolute atomic E-state index is 0.0196. The molecule has 6 nitrogen and oxygen atoms in total. The van der Waals surface area contributed by atoms with Crippen LogP contribution in [0.1, 0.15) is 40.5 Å². The number of ether oxygens (including phenoxy) is 1. The molecule has 0 aliphatic rings. The molecule has 0 bridgehead atoms. The first kappa shape index (κ1) is 26.3. The third-order valence-electron chi connectivity index (χ3n) is 3.68. The lowest BCUT2D eigenvalue weighted by atomic mass is 10.2. The van der Waals surface area contributed by atoms with E-state index >= 15 is 0 Å². The summed E-state index contributed by atoms with van der Waals surface area (Å²) in [4.78, 5) is 11.7. The van der Waals surface area contributed by atoms with Crippen molar-refractivity contribution in [2.24, 2.45) is 0 Å². The van der Waals surface area contributed by atoms with E-state index in [1.54, 1.807) is 0 Å². The third kappa shape index (κ3) is 7.18. The van der Waals surface area contributed by atoms with Crippen molar-refractivity contribution < 1.29 is 44.8 Å². The van der Waals surface area contributed by atoms with Gasteiger partial charge in [0.25, 0.3) is 0 Å². The molecule has 1 amide bonds. The zero-order valence-electron chi connectivity index (χ0n) is 17.4. The van der Waals surface area contributed by atoms with Crippen LogP contribution in [0, 0.1) is 29.1 Å². The number of amides is 1. The van der Waals surface area contributed by atoms with E-state index in [2.05, 4.69) is 10.1 Å². The van der Waals surface area contributed by atoms with E-state index in [0.29, 0.717) is 18.9 Å². The molecule has 0 atom stereocenters. The van der Waals surface area contributed by atoms with Gasteiger partial charge in [0.15, 0.2) is 0 Å². The summed E-state index contributed by atoms with van der Waals surface area (Å²) >= 11 is 0. The van der Waals surface area contributed by atoms with E-state index in [1.165, 1.54) is 7.11 Å². The zero-order chi connectivity index (χ0) is 23.1. The summed E-state index contributed by atoms with van der Waals surface area (Å²) in [6.07, 6.45) is -0.685. The van der Waals surface area contributed by atoms with Gasteiger partial charge in [0, 0.05) is 31.9 Å². The van der Waals surface area contributed by atoms with Crippen molar-refractivity contribution in [3.8, 4) is 5.75 Å². The molecular weight excluding hydrogens is 433 g/mol. The number of unbranched alkanes of at least 4 members (excludes halogenated alkanes) is 1. The Labute approximate surface area is 173 Å². The van der Waals surface area contributed by atoms with E-state index in [-0.39, 0.29) is 18.8 Å². The van der Waals surface area contributed by atoms with Gasteiger partial charge in [-0.15, -0.1) is 0 Å². The summed E-state index contributed by atoms with van der Waals surface area (Å²) in [5.41, 5.74) is 0. The molecular formula is C18H26F5NO5Si. The molecule has 1 N–H and O–H groups in total. The van der Waals surface area contributed by atoms with Crippen LogP contribution in [0.2, 0.25) is 6.04 Å². The number of rotatable bonds is 11. The van der Waals surface area contributed by atoms with Crippen molar-refractivity contribution in [3.63, 3.8) is 0 Å². The van der Waals surface area contributed by atoms with Crippen molar-refractivity contribution >= 4 is 14.9 Å². The fourth-order valence-electron chi connectivity index (χ4n) is 2.52. The van der Waals surface area contributed by atoms with Crippen LogP contribution >= 0.6 is 0 Å². The van der Waals surface area contributed by atoms with Gasteiger partial charge in [0.05, 0.1) is 0 Å². The molecule has 0 aliphatic carbocycles. The fraction of sp³-hybridized carbons (Fsp3) is 0.611. The normalized spacial score (nSPS) is 12.0. The highest BCUT2D eigenvalue weighted by atomic mass is 28.4. The van der Waals surface area contributed by atoms with Crippen LogP contribution in [0.25, 0.3) is 0 Å². The molecule has 0 heterocycles. The van der Waals surface area contributed by atoms with Gasteiger partial charge in [0.1, 0.15) is 0 Å². The maximum atomic E-state index is 13.5. The van der Waals surface area contributed by atoms with Gasteiger partial charge >= 0.3 is 14.9 Å². The molecule has 30 heavy (non-hydrogen) atoms. The number of benzene rings is 1. The van der Waals surface area contributed by atoms with Crippen LogP contribution in [0.15, 0.2) is 0 Å². The Morgan fingerprint density at radius 3 is 1.77 bits per heavy atom. The second-order valence-electron chi connectivity index (χ2n) is 6.89. The molecule has 0 radical (unpaired) electrons. The second kappa shape index (κ2) is 11.6. The highest BCUT2D eigenvalue weighted by Gasteiger charge is 2.41. The molecule has 12 heteroatoms. The predicted octanol–water partition coefficient (Wildman–Crippen LogP) is 4.69. The zero-order valence-corrected chi connectivity index (χ0v) is 18.4. The predicted molar refractivity (Wildman–Crippen MR) is 99.5 cm³/mol. The first-order valence-corrected chi connectivity index (χ1v) is 11.2. The topological polar surface area (TPSA) is 66.0 Å². The van der Waals surface area contributed by atoms with E-state index in [1.807, 2.05) is 27.7 Å². The first-order chi connectivity index (χ1) is 13.9. The van der Waals surface area contributed by atoms with Gasteiger partial charge in [-0.25, -0.2) is 18.0 Å². The molecule has 0 unspecified atom stereocenters. The number of carbonyl (C=O) groups is 1. The summed E-state index contributed by atoms with van der Waals surface area (Å²) in [6, 6.07) is 0.453. The van der Waals surface area contributed by atoms with Crippen LogP contribution in [0.4, 0.5) is 26.7 Å². The van der Waals surface area contributed by atoms with Gasteiger partial charge in [-0.1, -0.05) is 0 Å². The molecule has 1 aromatic rings. The average molecular weight is 459 g/mol. The SMILES string of the molecule is CO[Si](CCCCNC(=O)Oc1c(F)c(F)c(F)c(F)c1F)(OC(C)C)OC(C)C. The molecule has 0 aliphatic heterocycles. The maximum absolute atomic E-state index is 13.5. The van der Waals surface area contributed by atoms with Crippen molar-refractivity contribution in [1.82, 2.24) is 5.32 Å². The van der Waals surface area contributed by atoms with Gasteiger partial charge in [-0.2, -0.15) is 8.78 Å². The Balaban J connectivity index is 2.59. The quantitative estimate of drug-likeness (QED) is 0.171. The molecule has 172 valence electrons. The smallest absolute Gasteiger partial charge is 0.404 e.